The number of amides is 1. The topological polar surface area (TPSA) is 106 Å². The van der Waals surface area contributed by atoms with E-state index in [2.05, 4.69) is 9.71 Å². The van der Waals surface area contributed by atoms with Crippen molar-refractivity contribution in [2.75, 3.05) is 38.0 Å². The molecule has 0 unspecified atom stereocenters. The van der Waals surface area contributed by atoms with Gasteiger partial charge in [0.05, 0.1) is 18.3 Å². The highest BCUT2D eigenvalue weighted by molar-refractivity contribution is 7.90. The van der Waals surface area contributed by atoms with Gasteiger partial charge in [0.1, 0.15) is 17.2 Å². The predicted octanol–water partition coefficient (Wildman–Crippen LogP) is 0.257. The predicted molar refractivity (Wildman–Crippen MR) is 87.9 cm³/mol. The zero-order chi connectivity index (χ0) is 17.2. The highest BCUT2D eigenvalue weighted by Crippen LogP contribution is 2.26. The van der Waals surface area contributed by atoms with Crippen molar-refractivity contribution in [3.05, 3.63) is 24.3 Å². The van der Waals surface area contributed by atoms with E-state index in [-0.39, 0.29) is 17.2 Å². The second kappa shape index (κ2) is 6.59. The normalized spacial score (nSPS) is 19.6. The van der Waals surface area contributed by atoms with Crippen LogP contribution in [0.3, 0.4) is 0 Å². The highest BCUT2D eigenvalue weighted by Gasteiger charge is 2.27. The summed E-state index contributed by atoms with van der Waals surface area (Å²) in [6, 6.07) is 8.52. The minimum atomic E-state index is -3.68. The Morgan fingerprint density at radius 2 is 1.96 bits per heavy atom. The van der Waals surface area contributed by atoms with E-state index in [0.29, 0.717) is 44.2 Å². The number of piperazine rings is 1. The number of amidine groups is 1. The van der Waals surface area contributed by atoms with Crippen LogP contribution in [0.5, 0.6) is 0 Å². The largest absolute Gasteiger partial charge is 0.341 e. The zero-order valence-corrected chi connectivity index (χ0v) is 13.8. The lowest BCUT2D eigenvalue weighted by atomic mass is 10.2. The van der Waals surface area contributed by atoms with Crippen molar-refractivity contribution in [2.45, 2.75) is 11.3 Å². The molecule has 2 heterocycles. The molecule has 0 bridgehead atoms. The molecule has 24 heavy (non-hydrogen) atoms. The first-order valence-corrected chi connectivity index (χ1v) is 9.00. The summed E-state index contributed by atoms with van der Waals surface area (Å²) < 4.78 is 28.3. The standard InChI is InChI=1S/C15H17N5O3S/c16-6-5-15(21)20-9-7-19(8-10-20)11-14-17-12-3-1-2-4-13(12)24(22,23)18-14/h1-4H,5,7-11H2,(H,17,18). The Balaban J connectivity index is 1.64. The number of sulfonamides is 1. The van der Waals surface area contributed by atoms with E-state index in [9.17, 15) is 13.2 Å². The van der Waals surface area contributed by atoms with Gasteiger partial charge in [0.25, 0.3) is 10.0 Å². The molecule has 1 amide bonds. The van der Waals surface area contributed by atoms with Gasteiger partial charge in [-0.15, -0.1) is 4.40 Å². The molecule has 2 aliphatic rings. The first-order chi connectivity index (χ1) is 11.5. The lowest BCUT2D eigenvalue weighted by molar-refractivity contribution is -0.131. The summed E-state index contributed by atoms with van der Waals surface area (Å²) in [5.41, 5.74) is 0.533. The molecule has 9 heteroatoms. The maximum atomic E-state index is 12.2. The Bertz CT molecular complexity index is 820. The Hall–Kier alpha value is -2.44. The minimum Gasteiger partial charge on any atom is -0.341 e. The number of nitrogens with zero attached hydrogens (tertiary/aromatic N) is 4. The van der Waals surface area contributed by atoms with Crippen LogP contribution >= 0.6 is 0 Å². The first kappa shape index (κ1) is 16.4. The molecule has 3 rings (SSSR count). The monoisotopic (exact) mass is 347 g/mol. The molecule has 0 aliphatic carbocycles. The fourth-order valence-electron chi connectivity index (χ4n) is 2.78. The van der Waals surface area contributed by atoms with Crippen molar-refractivity contribution in [3.63, 3.8) is 0 Å². The van der Waals surface area contributed by atoms with E-state index in [1.54, 1.807) is 23.1 Å². The van der Waals surface area contributed by atoms with E-state index in [0.717, 1.165) is 0 Å². The van der Waals surface area contributed by atoms with E-state index >= 15 is 0 Å². The summed E-state index contributed by atoms with van der Waals surface area (Å²) in [7, 11) is -3.68. The molecule has 0 spiro atoms. The first-order valence-electron chi connectivity index (χ1n) is 7.56. The second-order valence-electron chi connectivity index (χ2n) is 5.63. The van der Waals surface area contributed by atoms with Crippen LogP contribution in [0.4, 0.5) is 5.69 Å². The summed E-state index contributed by atoms with van der Waals surface area (Å²) in [4.78, 5) is 15.6. The Kier molecular flexibility index (Phi) is 4.51. The average molecular weight is 347 g/mol. The Labute approximate surface area is 140 Å². The number of nitriles is 1. The number of anilines is 1. The van der Waals surface area contributed by atoms with E-state index in [1.807, 2.05) is 11.0 Å². The SMILES string of the molecule is N#CCC(=O)N1CCN(CC2=NS(=O)(=O)c3ccccc3N2)CC1. The van der Waals surface area contributed by atoms with Gasteiger partial charge in [-0.1, -0.05) is 12.1 Å². The molecule has 2 aliphatic heterocycles. The van der Waals surface area contributed by atoms with Crippen molar-refractivity contribution in [3.8, 4) is 6.07 Å². The lowest BCUT2D eigenvalue weighted by Gasteiger charge is -2.34. The number of nitrogens with one attached hydrogen (secondary N) is 1. The number of hydrogen-bond acceptors (Lipinski definition) is 6. The maximum Gasteiger partial charge on any atom is 0.286 e. The molecule has 1 N–H and O–H groups in total. The van der Waals surface area contributed by atoms with Crippen LogP contribution < -0.4 is 5.32 Å². The van der Waals surface area contributed by atoms with Gasteiger partial charge >= 0.3 is 0 Å². The molecule has 0 atom stereocenters. The van der Waals surface area contributed by atoms with Gasteiger partial charge in [0.2, 0.25) is 5.91 Å². The molecule has 0 saturated carbocycles. The highest BCUT2D eigenvalue weighted by atomic mass is 32.2. The summed E-state index contributed by atoms with van der Waals surface area (Å²) >= 11 is 0. The Morgan fingerprint density at radius 1 is 1.25 bits per heavy atom. The number of hydrogen-bond donors (Lipinski definition) is 1. The van der Waals surface area contributed by atoms with Crippen LogP contribution in [0, 0.1) is 11.3 Å². The number of fused-ring (bicyclic) bond motifs is 1. The van der Waals surface area contributed by atoms with Gasteiger partial charge in [-0.25, -0.2) is 0 Å². The van der Waals surface area contributed by atoms with Crippen molar-refractivity contribution in [2.24, 2.45) is 4.40 Å². The van der Waals surface area contributed by atoms with Gasteiger partial charge in [-0.3, -0.25) is 9.69 Å². The van der Waals surface area contributed by atoms with Crippen LogP contribution in [-0.2, 0) is 14.8 Å². The van der Waals surface area contributed by atoms with Gasteiger partial charge < -0.3 is 10.2 Å². The van der Waals surface area contributed by atoms with E-state index < -0.39 is 10.0 Å². The van der Waals surface area contributed by atoms with Crippen LogP contribution in [0.25, 0.3) is 0 Å². The van der Waals surface area contributed by atoms with Crippen LogP contribution in [0.15, 0.2) is 33.6 Å². The van der Waals surface area contributed by atoms with Crippen molar-refractivity contribution in [1.82, 2.24) is 9.80 Å². The molecule has 126 valence electrons. The zero-order valence-electron chi connectivity index (χ0n) is 13.0. The van der Waals surface area contributed by atoms with Gasteiger partial charge in [-0.2, -0.15) is 13.7 Å². The van der Waals surface area contributed by atoms with E-state index in [1.165, 1.54) is 6.07 Å². The number of carbonyl (C=O) groups is 1. The van der Waals surface area contributed by atoms with Gasteiger partial charge in [-0.05, 0) is 12.1 Å². The third-order valence-electron chi connectivity index (χ3n) is 4.00. The number of benzene rings is 1. The number of rotatable bonds is 3. The fraction of sp³-hybridized carbons (Fsp3) is 0.400. The third-order valence-corrected chi connectivity index (χ3v) is 5.38. The quantitative estimate of drug-likeness (QED) is 0.840. The van der Waals surface area contributed by atoms with Crippen LogP contribution in [0.2, 0.25) is 0 Å². The molecule has 1 fully saturated rings. The Morgan fingerprint density at radius 3 is 2.67 bits per heavy atom. The molecule has 1 aromatic carbocycles. The third kappa shape index (κ3) is 3.39. The molecule has 1 saturated heterocycles. The van der Waals surface area contributed by atoms with Crippen LogP contribution in [0.1, 0.15) is 6.42 Å². The number of carbonyl (C=O) groups excluding carboxylic acids is 1. The summed E-state index contributed by atoms with van der Waals surface area (Å²) in [6.07, 6.45) is -0.108. The molecule has 0 aromatic heterocycles. The smallest absolute Gasteiger partial charge is 0.286 e. The van der Waals surface area contributed by atoms with Gasteiger partial charge in [0, 0.05) is 26.2 Å². The lowest BCUT2D eigenvalue weighted by Crippen LogP contribution is -2.50. The van der Waals surface area contributed by atoms with E-state index in [4.69, 9.17) is 5.26 Å². The summed E-state index contributed by atoms with van der Waals surface area (Å²) in [6.45, 7) is 2.64. The van der Waals surface area contributed by atoms with Crippen molar-refractivity contribution in [1.29, 1.82) is 5.26 Å². The van der Waals surface area contributed by atoms with Gasteiger partial charge in [0.15, 0.2) is 0 Å². The summed E-state index contributed by atoms with van der Waals surface area (Å²) in [5, 5.41) is 11.6. The molecular weight excluding hydrogens is 330 g/mol. The number of para-hydroxylation sites is 1. The maximum absolute atomic E-state index is 12.2. The molecule has 1 aromatic rings. The summed E-state index contributed by atoms with van der Waals surface area (Å²) in [5.74, 6) is 0.215. The fourth-order valence-corrected chi connectivity index (χ4v) is 3.92. The van der Waals surface area contributed by atoms with Crippen molar-refractivity contribution < 1.29 is 13.2 Å². The minimum absolute atomic E-state index is 0.108. The average Bonchev–Trinajstić information content (AvgIpc) is 2.55. The van der Waals surface area contributed by atoms with Crippen LogP contribution in [-0.4, -0.2) is 62.7 Å². The molecule has 0 radical (unpaired) electrons. The second-order valence-corrected chi connectivity index (χ2v) is 7.20. The molecular formula is C15H17N5O3S. The molecule has 8 nitrogen and oxygen atoms in total. The van der Waals surface area contributed by atoms with Crippen molar-refractivity contribution >= 4 is 27.5 Å².